The summed E-state index contributed by atoms with van der Waals surface area (Å²) in [5.74, 6) is 0. The predicted octanol–water partition coefficient (Wildman–Crippen LogP) is 1.41. The molecular weight excluding hydrogens is 242 g/mol. The molecule has 0 saturated heterocycles. The normalized spacial score (nSPS) is 12.6. The van der Waals surface area contributed by atoms with Crippen LogP contribution in [0.2, 0.25) is 0 Å². The molecule has 1 atom stereocenters. The quantitative estimate of drug-likeness (QED) is 0.611. The third-order valence-corrected chi connectivity index (χ3v) is 3.19. The minimum absolute atomic E-state index is 0.346. The Hall–Kier alpha value is -1.66. The molecular formula is C11H10NO4S-. The van der Waals surface area contributed by atoms with Crippen molar-refractivity contribution in [2.24, 2.45) is 0 Å². The zero-order chi connectivity index (χ0) is 12.4. The second kappa shape index (κ2) is 4.68. The van der Waals surface area contributed by atoms with Crippen LogP contribution in [0, 0.1) is 0 Å². The lowest BCUT2D eigenvalue weighted by atomic mass is 10.2. The molecule has 0 aliphatic heterocycles. The highest BCUT2D eigenvalue weighted by Crippen LogP contribution is 2.21. The maximum absolute atomic E-state index is 11.0. The van der Waals surface area contributed by atoms with Crippen molar-refractivity contribution in [3.63, 3.8) is 0 Å². The molecule has 1 heterocycles. The van der Waals surface area contributed by atoms with E-state index in [9.17, 15) is 13.6 Å². The highest BCUT2D eigenvalue weighted by molar-refractivity contribution is 7.80. The van der Waals surface area contributed by atoms with E-state index in [-0.39, 0.29) is 0 Å². The van der Waals surface area contributed by atoms with E-state index in [1.165, 1.54) is 10.4 Å². The molecule has 90 valence electrons. The van der Waals surface area contributed by atoms with Gasteiger partial charge < -0.3 is 13.3 Å². The van der Waals surface area contributed by atoms with Gasteiger partial charge in [0, 0.05) is 35.0 Å². The van der Waals surface area contributed by atoms with E-state index in [0.717, 1.165) is 0 Å². The van der Waals surface area contributed by atoms with Crippen LogP contribution in [0.25, 0.3) is 11.0 Å². The summed E-state index contributed by atoms with van der Waals surface area (Å²) in [6.45, 7) is 2.09. The fourth-order valence-electron chi connectivity index (χ4n) is 1.59. The first-order valence-corrected chi connectivity index (χ1v) is 6.06. The van der Waals surface area contributed by atoms with Gasteiger partial charge >= 0.3 is 5.63 Å². The molecule has 0 aliphatic rings. The minimum atomic E-state index is -2.31. The summed E-state index contributed by atoms with van der Waals surface area (Å²) in [5, 5.41) is 0.686. The van der Waals surface area contributed by atoms with Crippen molar-refractivity contribution in [3.05, 3.63) is 40.8 Å². The zero-order valence-corrected chi connectivity index (χ0v) is 9.90. The smallest absolute Gasteiger partial charge is 0.336 e. The molecule has 1 aromatic heterocycles. The maximum atomic E-state index is 11.0. The predicted molar refractivity (Wildman–Crippen MR) is 64.4 cm³/mol. The van der Waals surface area contributed by atoms with E-state index in [1.54, 1.807) is 31.2 Å². The molecule has 6 heteroatoms. The second-order valence-corrected chi connectivity index (χ2v) is 4.26. The van der Waals surface area contributed by atoms with E-state index >= 15 is 0 Å². The Morgan fingerprint density at radius 2 is 2.12 bits per heavy atom. The molecule has 0 N–H and O–H groups in total. The van der Waals surface area contributed by atoms with Gasteiger partial charge in [0.25, 0.3) is 0 Å². The Bertz CT molecular complexity index is 622. The number of hydrogen-bond donors (Lipinski definition) is 0. The molecule has 0 bridgehead atoms. The van der Waals surface area contributed by atoms with Crippen LogP contribution in [0.5, 0.6) is 0 Å². The van der Waals surface area contributed by atoms with E-state index in [1.807, 2.05) is 0 Å². The van der Waals surface area contributed by atoms with Gasteiger partial charge in [-0.05, 0) is 31.2 Å². The van der Waals surface area contributed by atoms with Crippen molar-refractivity contribution in [1.82, 2.24) is 0 Å². The summed E-state index contributed by atoms with van der Waals surface area (Å²) in [7, 11) is 0. The van der Waals surface area contributed by atoms with Gasteiger partial charge in [0.2, 0.25) is 0 Å². The minimum Gasteiger partial charge on any atom is -0.755 e. The van der Waals surface area contributed by atoms with E-state index in [0.29, 0.717) is 23.2 Å². The molecule has 0 amide bonds. The van der Waals surface area contributed by atoms with Gasteiger partial charge in [-0.1, -0.05) is 0 Å². The highest BCUT2D eigenvalue weighted by Gasteiger charge is 2.06. The number of nitrogens with zero attached hydrogens (tertiary/aromatic N) is 1. The van der Waals surface area contributed by atoms with Crippen molar-refractivity contribution < 1.29 is 13.2 Å². The van der Waals surface area contributed by atoms with Crippen molar-refractivity contribution in [1.29, 1.82) is 0 Å². The average molecular weight is 252 g/mol. The van der Waals surface area contributed by atoms with Gasteiger partial charge in [-0.25, -0.2) is 4.79 Å². The number of benzene rings is 1. The van der Waals surface area contributed by atoms with Gasteiger partial charge in [-0.2, -0.15) is 0 Å². The molecule has 17 heavy (non-hydrogen) atoms. The van der Waals surface area contributed by atoms with Gasteiger partial charge in [-0.3, -0.25) is 4.21 Å². The maximum Gasteiger partial charge on any atom is 0.336 e. The Morgan fingerprint density at radius 1 is 1.35 bits per heavy atom. The topological polar surface area (TPSA) is 73.6 Å². The number of hydrogen-bond acceptors (Lipinski definition) is 4. The van der Waals surface area contributed by atoms with Gasteiger partial charge in [-0.15, -0.1) is 0 Å². The molecule has 2 rings (SSSR count). The van der Waals surface area contributed by atoms with Gasteiger partial charge in [0.15, 0.2) is 0 Å². The van der Waals surface area contributed by atoms with E-state index in [2.05, 4.69) is 0 Å². The van der Waals surface area contributed by atoms with E-state index < -0.39 is 16.9 Å². The third kappa shape index (κ3) is 2.37. The van der Waals surface area contributed by atoms with Crippen molar-refractivity contribution >= 4 is 27.9 Å². The average Bonchev–Trinajstić information content (AvgIpc) is 2.29. The van der Waals surface area contributed by atoms with Crippen LogP contribution in [-0.4, -0.2) is 15.3 Å². The molecule has 0 radical (unpaired) electrons. The lowest BCUT2D eigenvalue weighted by molar-refractivity contribution is 0.533. The largest absolute Gasteiger partial charge is 0.755 e. The first-order valence-electron chi connectivity index (χ1n) is 5.02. The number of anilines is 1. The summed E-state index contributed by atoms with van der Waals surface area (Å²) in [4.78, 5) is 11.0. The highest BCUT2D eigenvalue weighted by atomic mass is 32.2. The number of rotatable bonds is 3. The van der Waals surface area contributed by atoms with Crippen molar-refractivity contribution in [2.45, 2.75) is 6.92 Å². The Balaban J connectivity index is 2.54. The molecule has 0 saturated carbocycles. The molecule has 5 nitrogen and oxygen atoms in total. The summed E-state index contributed by atoms with van der Waals surface area (Å²) in [6.07, 6.45) is 0. The molecule has 0 aliphatic carbocycles. The SMILES string of the molecule is CCN(c1ccc2oc(=O)ccc2c1)S(=O)[O-]. The monoisotopic (exact) mass is 252 g/mol. The second-order valence-electron chi connectivity index (χ2n) is 3.39. The first kappa shape index (κ1) is 11.8. The molecule has 1 aromatic carbocycles. The van der Waals surface area contributed by atoms with Crippen LogP contribution in [0.1, 0.15) is 6.92 Å². The van der Waals surface area contributed by atoms with Crippen molar-refractivity contribution in [2.75, 3.05) is 10.8 Å². The standard InChI is InChI=1S/C11H11NO4S/c1-2-12(17(14)15)9-4-5-10-8(7-9)3-6-11(13)16-10/h3-7H,2H2,1H3,(H,14,15)/p-1. The summed E-state index contributed by atoms with van der Waals surface area (Å²) in [6, 6.07) is 7.76. The molecule has 0 fully saturated rings. The lowest BCUT2D eigenvalue weighted by Crippen LogP contribution is -2.24. The molecule has 0 spiro atoms. The first-order chi connectivity index (χ1) is 8.11. The fourth-order valence-corrected chi connectivity index (χ4v) is 2.08. The van der Waals surface area contributed by atoms with Crippen LogP contribution in [-0.2, 0) is 11.3 Å². The summed E-state index contributed by atoms with van der Waals surface area (Å²) in [5.41, 5.74) is 0.557. The summed E-state index contributed by atoms with van der Waals surface area (Å²) >= 11 is -2.31. The van der Waals surface area contributed by atoms with Crippen molar-refractivity contribution in [3.8, 4) is 0 Å². The third-order valence-electron chi connectivity index (χ3n) is 2.36. The number of fused-ring (bicyclic) bond motifs is 1. The zero-order valence-electron chi connectivity index (χ0n) is 9.08. The van der Waals surface area contributed by atoms with Crippen LogP contribution < -0.4 is 9.93 Å². The van der Waals surface area contributed by atoms with Gasteiger partial charge in [0.05, 0.1) is 0 Å². The molecule has 1 unspecified atom stereocenters. The summed E-state index contributed by atoms with van der Waals surface area (Å²) < 4.78 is 28.1. The Morgan fingerprint density at radius 3 is 2.76 bits per heavy atom. The Labute approximate surface area is 100 Å². The lowest BCUT2D eigenvalue weighted by Gasteiger charge is -2.24. The van der Waals surface area contributed by atoms with Crippen LogP contribution >= 0.6 is 0 Å². The van der Waals surface area contributed by atoms with Crippen LogP contribution in [0.3, 0.4) is 0 Å². The fraction of sp³-hybridized carbons (Fsp3) is 0.182. The van der Waals surface area contributed by atoms with Crippen LogP contribution in [0.4, 0.5) is 5.69 Å². The Kier molecular flexibility index (Phi) is 3.26. The van der Waals surface area contributed by atoms with Gasteiger partial charge in [0.1, 0.15) is 5.58 Å². The van der Waals surface area contributed by atoms with E-state index in [4.69, 9.17) is 4.42 Å². The van der Waals surface area contributed by atoms with Crippen LogP contribution in [0.15, 0.2) is 39.5 Å². The molecule has 2 aromatic rings.